The van der Waals surface area contributed by atoms with Gasteiger partial charge in [-0.1, -0.05) is 12.1 Å². The predicted molar refractivity (Wildman–Crippen MR) is 120 cm³/mol. The Kier molecular flexibility index (Phi) is 6.59. The molecule has 0 bridgehead atoms. The number of hydrogen-bond acceptors (Lipinski definition) is 5. The zero-order valence-electron chi connectivity index (χ0n) is 16.5. The molecular formula is C20H26Cl2N6O2. The number of halogens is 2. The minimum absolute atomic E-state index is 0. The molecule has 0 radical (unpaired) electrons. The summed E-state index contributed by atoms with van der Waals surface area (Å²) in [6.45, 7) is 3.68. The highest BCUT2D eigenvalue weighted by Crippen LogP contribution is 2.36. The number of fused-ring (bicyclic) bond motifs is 2. The minimum atomic E-state index is -0.651. The van der Waals surface area contributed by atoms with E-state index in [1.807, 2.05) is 35.4 Å². The number of para-hydroxylation sites is 2. The van der Waals surface area contributed by atoms with Gasteiger partial charge in [0.1, 0.15) is 17.1 Å². The van der Waals surface area contributed by atoms with Gasteiger partial charge in [0.15, 0.2) is 0 Å². The van der Waals surface area contributed by atoms with Gasteiger partial charge in [-0.3, -0.25) is 9.59 Å². The van der Waals surface area contributed by atoms with Gasteiger partial charge in [0.05, 0.1) is 11.4 Å². The van der Waals surface area contributed by atoms with Crippen LogP contribution in [0.25, 0.3) is 0 Å². The van der Waals surface area contributed by atoms with E-state index in [0.717, 1.165) is 43.3 Å². The molecule has 0 saturated carbocycles. The molecule has 30 heavy (non-hydrogen) atoms. The molecule has 1 spiro atoms. The van der Waals surface area contributed by atoms with Crippen molar-refractivity contribution < 1.29 is 9.59 Å². The number of piperidine rings is 1. The molecule has 3 aliphatic rings. The first kappa shape index (κ1) is 22.4. The van der Waals surface area contributed by atoms with Crippen molar-refractivity contribution in [3.05, 3.63) is 42.0 Å². The van der Waals surface area contributed by atoms with Crippen molar-refractivity contribution in [3.63, 3.8) is 0 Å². The summed E-state index contributed by atoms with van der Waals surface area (Å²) in [4.78, 5) is 32.1. The zero-order valence-corrected chi connectivity index (χ0v) is 18.2. The average molecular weight is 453 g/mol. The van der Waals surface area contributed by atoms with Crippen molar-refractivity contribution in [1.82, 2.24) is 19.8 Å². The van der Waals surface area contributed by atoms with Crippen molar-refractivity contribution in [3.8, 4) is 0 Å². The van der Waals surface area contributed by atoms with Gasteiger partial charge in [-0.25, -0.2) is 4.98 Å². The van der Waals surface area contributed by atoms with Gasteiger partial charge in [-0.2, -0.15) is 0 Å². The number of anilines is 2. The van der Waals surface area contributed by atoms with E-state index in [1.54, 1.807) is 0 Å². The standard InChI is InChI=1S/C20H24N6O2.2ClH/c27-18(16-13-26-12-9-21-8-5-17(26)22-16)25-10-6-20(7-11-25)19(28)23-14-3-1-2-4-15(14)24-20;;/h1-4,13,21,24H,5-12H2,(H,23,28);2*1H. The average Bonchev–Trinajstić information content (AvgIpc) is 2.99. The summed E-state index contributed by atoms with van der Waals surface area (Å²) in [6.07, 6.45) is 3.86. The second-order valence-electron chi connectivity index (χ2n) is 7.73. The highest BCUT2D eigenvalue weighted by atomic mass is 35.5. The highest BCUT2D eigenvalue weighted by molar-refractivity contribution is 6.06. The fraction of sp³-hybridized carbons (Fsp3) is 0.450. The molecular weight excluding hydrogens is 427 g/mol. The molecule has 4 heterocycles. The normalized spacial score (nSPS) is 19.2. The van der Waals surface area contributed by atoms with Crippen molar-refractivity contribution in [2.24, 2.45) is 0 Å². The number of imidazole rings is 1. The third-order valence-electron chi connectivity index (χ3n) is 6.02. The van der Waals surface area contributed by atoms with E-state index in [2.05, 4.69) is 25.5 Å². The van der Waals surface area contributed by atoms with E-state index in [9.17, 15) is 9.59 Å². The Balaban J connectivity index is 0.00000128. The molecule has 162 valence electrons. The van der Waals surface area contributed by atoms with Crippen LogP contribution in [0.5, 0.6) is 0 Å². The lowest BCUT2D eigenvalue weighted by Gasteiger charge is -2.44. The molecule has 1 saturated heterocycles. The highest BCUT2D eigenvalue weighted by Gasteiger charge is 2.45. The quantitative estimate of drug-likeness (QED) is 0.614. The Morgan fingerprint density at radius 1 is 1.03 bits per heavy atom. The first-order valence-electron chi connectivity index (χ1n) is 9.89. The molecule has 0 aliphatic carbocycles. The van der Waals surface area contributed by atoms with Crippen LogP contribution >= 0.6 is 24.8 Å². The summed E-state index contributed by atoms with van der Waals surface area (Å²) in [5, 5.41) is 9.78. The lowest BCUT2D eigenvalue weighted by Crippen LogP contribution is -2.59. The van der Waals surface area contributed by atoms with E-state index < -0.39 is 5.54 Å². The van der Waals surface area contributed by atoms with Crippen molar-refractivity contribution in [2.75, 3.05) is 36.8 Å². The second-order valence-corrected chi connectivity index (χ2v) is 7.73. The van der Waals surface area contributed by atoms with Crippen LogP contribution in [0.1, 0.15) is 29.2 Å². The summed E-state index contributed by atoms with van der Waals surface area (Å²) >= 11 is 0. The van der Waals surface area contributed by atoms with Crippen LogP contribution < -0.4 is 16.0 Å². The van der Waals surface area contributed by atoms with Crippen molar-refractivity contribution >= 4 is 48.0 Å². The minimum Gasteiger partial charge on any atom is -0.369 e. The number of amides is 2. The predicted octanol–water partition coefficient (Wildman–Crippen LogP) is 1.91. The summed E-state index contributed by atoms with van der Waals surface area (Å²) < 4.78 is 2.08. The first-order valence-corrected chi connectivity index (χ1v) is 9.89. The molecule has 2 amide bonds. The third kappa shape index (κ3) is 3.87. The Hall–Kier alpha value is -2.29. The monoisotopic (exact) mass is 452 g/mol. The first-order chi connectivity index (χ1) is 13.6. The number of nitrogens with zero attached hydrogens (tertiary/aromatic N) is 3. The van der Waals surface area contributed by atoms with E-state index in [0.29, 0.717) is 31.6 Å². The Morgan fingerprint density at radius 3 is 2.53 bits per heavy atom. The van der Waals surface area contributed by atoms with Crippen LogP contribution in [-0.4, -0.2) is 58.0 Å². The van der Waals surface area contributed by atoms with Crippen LogP contribution in [0, 0.1) is 0 Å². The van der Waals surface area contributed by atoms with Crippen LogP contribution in [0.3, 0.4) is 0 Å². The molecule has 10 heteroatoms. The summed E-state index contributed by atoms with van der Waals surface area (Å²) in [6, 6.07) is 7.72. The van der Waals surface area contributed by atoms with Gasteiger partial charge in [0.2, 0.25) is 5.91 Å². The number of hydrogen-bond donors (Lipinski definition) is 3. The van der Waals surface area contributed by atoms with E-state index >= 15 is 0 Å². The molecule has 5 rings (SSSR count). The third-order valence-corrected chi connectivity index (χ3v) is 6.02. The Labute approximate surface area is 187 Å². The van der Waals surface area contributed by atoms with Gasteiger partial charge >= 0.3 is 0 Å². The fourth-order valence-corrected chi connectivity index (χ4v) is 4.34. The molecule has 3 N–H and O–H groups in total. The van der Waals surface area contributed by atoms with Crippen LogP contribution in [0.4, 0.5) is 11.4 Å². The summed E-state index contributed by atoms with van der Waals surface area (Å²) in [5.74, 6) is 0.909. The zero-order chi connectivity index (χ0) is 19.1. The van der Waals surface area contributed by atoms with Gasteiger partial charge in [-0.15, -0.1) is 24.8 Å². The Bertz CT molecular complexity index is 916. The number of aromatic nitrogens is 2. The number of rotatable bonds is 1. The number of carbonyl (C=O) groups excluding carboxylic acids is 2. The molecule has 3 aliphatic heterocycles. The molecule has 1 aromatic heterocycles. The van der Waals surface area contributed by atoms with E-state index in [-0.39, 0.29) is 36.6 Å². The molecule has 1 fully saturated rings. The van der Waals surface area contributed by atoms with Gasteiger partial charge < -0.3 is 25.4 Å². The largest absolute Gasteiger partial charge is 0.369 e. The summed E-state index contributed by atoms with van der Waals surface area (Å²) in [5.41, 5.74) is 1.61. The maximum Gasteiger partial charge on any atom is 0.274 e. The van der Waals surface area contributed by atoms with Gasteiger partial charge in [0, 0.05) is 45.3 Å². The summed E-state index contributed by atoms with van der Waals surface area (Å²) in [7, 11) is 0. The topological polar surface area (TPSA) is 91.3 Å². The smallest absolute Gasteiger partial charge is 0.274 e. The SMILES string of the molecule is Cl.Cl.O=C(c1cn2c(n1)CCNCC2)N1CCC2(CC1)Nc1ccccc1NC2=O. The van der Waals surface area contributed by atoms with E-state index in [1.165, 1.54) is 0 Å². The number of likely N-dealkylation sites (tertiary alicyclic amines) is 1. The maximum absolute atomic E-state index is 13.0. The van der Waals surface area contributed by atoms with Crippen LogP contribution in [-0.2, 0) is 17.8 Å². The number of nitrogens with one attached hydrogen (secondary N) is 3. The number of carbonyl (C=O) groups is 2. The lowest BCUT2D eigenvalue weighted by molar-refractivity contribution is -0.122. The molecule has 2 aromatic rings. The second kappa shape index (κ2) is 8.83. The van der Waals surface area contributed by atoms with E-state index in [4.69, 9.17) is 0 Å². The molecule has 0 atom stereocenters. The number of benzene rings is 1. The van der Waals surface area contributed by atoms with Crippen molar-refractivity contribution in [2.45, 2.75) is 31.3 Å². The molecule has 1 aromatic carbocycles. The Morgan fingerprint density at radius 2 is 1.77 bits per heavy atom. The maximum atomic E-state index is 13.0. The van der Waals surface area contributed by atoms with Crippen LogP contribution in [0.2, 0.25) is 0 Å². The fourth-order valence-electron chi connectivity index (χ4n) is 4.34. The van der Waals surface area contributed by atoms with Gasteiger partial charge in [0.25, 0.3) is 5.91 Å². The molecule has 8 nitrogen and oxygen atoms in total. The molecule has 0 unspecified atom stereocenters. The van der Waals surface area contributed by atoms with Crippen LogP contribution in [0.15, 0.2) is 30.5 Å². The van der Waals surface area contributed by atoms with Crippen molar-refractivity contribution in [1.29, 1.82) is 0 Å². The van der Waals surface area contributed by atoms with Gasteiger partial charge in [-0.05, 0) is 25.0 Å². The lowest BCUT2D eigenvalue weighted by atomic mass is 9.84.